The van der Waals surface area contributed by atoms with E-state index in [1.54, 1.807) is 0 Å². The Hall–Kier alpha value is 3.22. The molecule has 0 radical (unpaired) electrons. The third kappa shape index (κ3) is 46.4. The van der Waals surface area contributed by atoms with Crippen LogP contribution in [0.1, 0.15) is 0 Å². The fraction of sp³-hybridized carbons (Fsp3) is 0. The Morgan fingerprint density at radius 3 is 0.857 bits per heavy atom. The molecule has 0 aromatic heterocycles. The molecule has 0 aliphatic carbocycles. The molecule has 0 heterocycles. The standard InChI is InChI=1S/Bi.5ClH.Zr/h;5*1H;/q+3;;;;;;+2/p-5. The maximum absolute atomic E-state index is 5.01. The fourth-order valence-corrected chi connectivity index (χ4v) is 0. The van der Waals surface area contributed by atoms with E-state index < -0.39 is 18.2 Å². The molecule has 0 atom stereocenters. The molecule has 7 heavy (non-hydrogen) atoms. The molecule has 0 aromatic carbocycles. The quantitative estimate of drug-likeness (QED) is 0.310. The molecule has 0 spiro atoms. The molecule has 0 aromatic rings. The van der Waals surface area contributed by atoms with E-state index in [0.717, 1.165) is 0 Å². The van der Waals surface area contributed by atoms with Gasteiger partial charge in [-0.15, -0.1) is 0 Å². The Morgan fingerprint density at radius 2 is 0.857 bits per heavy atom. The Bertz CT molecular complexity index is 12.8. The van der Waals surface area contributed by atoms with Gasteiger partial charge >= 0.3 is 69.9 Å². The van der Waals surface area contributed by atoms with E-state index in [-0.39, 0.29) is 51.0 Å². The van der Waals surface area contributed by atoms with Gasteiger partial charge in [0.1, 0.15) is 0 Å². The summed E-state index contributed by atoms with van der Waals surface area (Å²) >= 11 is -2.18. The van der Waals surface area contributed by atoms with Gasteiger partial charge in [0, 0.05) is 0 Å². The minimum absolute atomic E-state index is 0. The van der Waals surface area contributed by atoms with Crippen molar-refractivity contribution in [3.8, 4) is 0 Å². The van der Waals surface area contributed by atoms with E-state index in [4.69, 9.17) is 25.5 Å². The van der Waals surface area contributed by atoms with Crippen LogP contribution in [0.5, 0.6) is 0 Å². The maximum Gasteiger partial charge on any atom is 2.00 e. The van der Waals surface area contributed by atoms with Crippen molar-refractivity contribution in [3.63, 3.8) is 0 Å². The summed E-state index contributed by atoms with van der Waals surface area (Å²) in [6, 6.07) is 0. The third-order valence-electron chi connectivity index (χ3n) is 0. The molecule has 44 valence electrons. The molecule has 0 unspecified atom stereocenters. The van der Waals surface area contributed by atoms with Crippen molar-refractivity contribution >= 4 is 43.7 Å². The van der Waals surface area contributed by atoms with E-state index in [2.05, 4.69) is 0 Å². The first-order valence-electron chi connectivity index (χ1n) is 0.507. The van der Waals surface area contributed by atoms with Crippen LogP contribution in [0.3, 0.4) is 0 Å². The molecule has 0 nitrogen and oxygen atoms in total. The van der Waals surface area contributed by atoms with Crippen molar-refractivity contribution < 1.29 is 51.0 Å². The molecule has 0 fully saturated rings. The zero-order valence-electron chi connectivity index (χ0n) is 2.84. The number of hydrogen-bond acceptors (Lipinski definition) is 0. The first-order valence-corrected chi connectivity index (χ1v) is 13.3. The summed E-state index contributed by atoms with van der Waals surface area (Å²) in [5.41, 5.74) is 0. The van der Waals surface area contributed by atoms with E-state index in [1.165, 1.54) is 0 Å². The minimum atomic E-state index is -2.18. The van der Waals surface area contributed by atoms with Gasteiger partial charge in [-0.1, -0.05) is 0 Å². The van der Waals surface area contributed by atoms with Gasteiger partial charge in [0.15, 0.2) is 0 Å². The minimum Gasteiger partial charge on any atom is 2.00 e. The van der Waals surface area contributed by atoms with Crippen LogP contribution in [0.15, 0.2) is 0 Å². The molecule has 0 N–H and O–H groups in total. The molecule has 0 aliphatic heterocycles. The molecule has 0 saturated carbocycles. The Morgan fingerprint density at radius 1 is 0.857 bits per heavy atom. The molecule has 0 amide bonds. The predicted octanol–water partition coefficient (Wildman–Crippen LogP) is -4.31. The molecule has 0 bridgehead atoms. The second kappa shape index (κ2) is 16.1. The van der Waals surface area contributed by atoms with Gasteiger partial charge in [-0.05, 0) is 0 Å². The van der Waals surface area contributed by atoms with Gasteiger partial charge in [0.05, 0.1) is 0 Å². The van der Waals surface area contributed by atoms with Crippen LogP contribution >= 0.6 is 25.5 Å². The molecular formula is BiCl5Zr. The van der Waals surface area contributed by atoms with Crippen molar-refractivity contribution in [3.05, 3.63) is 0 Å². The predicted molar refractivity (Wildman–Crippen MR) is 23.3 cm³/mol. The molecule has 0 aliphatic rings. The smallest absolute Gasteiger partial charge is 2.00 e. The van der Waals surface area contributed by atoms with Crippen molar-refractivity contribution in [2.75, 3.05) is 0 Å². The summed E-state index contributed by atoms with van der Waals surface area (Å²) in [7, 11) is 15.0. The van der Waals surface area contributed by atoms with Gasteiger partial charge < -0.3 is 24.8 Å². The van der Waals surface area contributed by atoms with E-state index >= 15 is 0 Å². The van der Waals surface area contributed by atoms with Crippen molar-refractivity contribution in [2.24, 2.45) is 0 Å². The van der Waals surface area contributed by atoms with E-state index in [0.29, 0.717) is 0 Å². The first-order chi connectivity index (χ1) is 1.73. The van der Waals surface area contributed by atoms with Crippen molar-refractivity contribution in [1.82, 2.24) is 0 Å². The third-order valence-corrected chi connectivity index (χ3v) is 0. The molecule has 7 heteroatoms. The molecule has 0 saturated heterocycles. The Balaban J connectivity index is -0.0000000150. The zero-order chi connectivity index (χ0) is 3.58. The SMILES string of the molecule is [Cl-].[Cl-].[Cl][Bi]([Cl])[Cl].[Zr+2]. The van der Waals surface area contributed by atoms with Crippen LogP contribution in [0.25, 0.3) is 0 Å². The Labute approximate surface area is 92.9 Å². The monoisotopic (exact) mass is 474 g/mol. The Kier molecular flexibility index (Phi) is 51.7. The maximum atomic E-state index is 5.01. The summed E-state index contributed by atoms with van der Waals surface area (Å²) in [6.07, 6.45) is 0. The van der Waals surface area contributed by atoms with E-state index in [9.17, 15) is 0 Å². The second-order valence-corrected chi connectivity index (χ2v) is 15.1. The number of rotatable bonds is 0. The van der Waals surface area contributed by atoms with E-state index in [1.807, 2.05) is 0 Å². The average Bonchev–Trinajstić information content (AvgIpc) is 0.811. The summed E-state index contributed by atoms with van der Waals surface area (Å²) < 4.78 is 0. The molecular weight excluding hydrogens is 477 g/mol. The summed E-state index contributed by atoms with van der Waals surface area (Å²) in [4.78, 5) is 0. The van der Waals surface area contributed by atoms with Gasteiger partial charge in [0.2, 0.25) is 0 Å². The van der Waals surface area contributed by atoms with Gasteiger partial charge in [-0.3, -0.25) is 0 Å². The zero-order valence-corrected chi connectivity index (χ0v) is 12.6. The van der Waals surface area contributed by atoms with Gasteiger partial charge in [-0.25, -0.2) is 0 Å². The summed E-state index contributed by atoms with van der Waals surface area (Å²) in [5.74, 6) is 0. The number of halogens is 5. The van der Waals surface area contributed by atoms with Crippen LogP contribution in [-0.2, 0) is 26.2 Å². The van der Waals surface area contributed by atoms with Gasteiger partial charge in [0.25, 0.3) is 0 Å². The summed E-state index contributed by atoms with van der Waals surface area (Å²) in [6.45, 7) is 0. The summed E-state index contributed by atoms with van der Waals surface area (Å²) in [5, 5.41) is 0. The fourth-order valence-electron chi connectivity index (χ4n) is 0. The molecule has 0 rings (SSSR count). The van der Waals surface area contributed by atoms with Gasteiger partial charge in [-0.2, -0.15) is 0 Å². The van der Waals surface area contributed by atoms with Crippen LogP contribution in [0.2, 0.25) is 0 Å². The number of hydrogen-bond donors (Lipinski definition) is 0. The topological polar surface area (TPSA) is 0 Å². The largest absolute Gasteiger partial charge is 2.00 e. The van der Waals surface area contributed by atoms with Crippen LogP contribution < -0.4 is 24.8 Å². The van der Waals surface area contributed by atoms with Crippen molar-refractivity contribution in [2.45, 2.75) is 0 Å². The second-order valence-electron chi connectivity index (χ2n) is 0.192. The average molecular weight is 477 g/mol. The van der Waals surface area contributed by atoms with Crippen LogP contribution in [0.4, 0.5) is 0 Å². The normalized spacial score (nSPS) is 5.14. The van der Waals surface area contributed by atoms with Crippen molar-refractivity contribution in [1.29, 1.82) is 0 Å². The first kappa shape index (κ1) is 22.5. The van der Waals surface area contributed by atoms with Crippen LogP contribution in [0, 0.1) is 0 Å². The van der Waals surface area contributed by atoms with Crippen LogP contribution in [-0.4, -0.2) is 18.2 Å².